The lowest BCUT2D eigenvalue weighted by Gasteiger charge is -2.30. The van der Waals surface area contributed by atoms with Crippen LogP contribution in [0, 0.1) is 5.92 Å². The molecule has 1 unspecified atom stereocenters. The first-order valence-corrected chi connectivity index (χ1v) is 8.18. The topological polar surface area (TPSA) is 15.3 Å². The van der Waals surface area contributed by atoms with Gasteiger partial charge < -0.3 is 10.2 Å². The van der Waals surface area contributed by atoms with Gasteiger partial charge >= 0.3 is 0 Å². The fraction of sp³-hybridized carbons (Fsp3) is 1.00. The maximum atomic E-state index is 3.52. The quantitative estimate of drug-likeness (QED) is 0.660. The van der Waals surface area contributed by atoms with Crippen molar-refractivity contribution in [3.8, 4) is 0 Å². The zero-order chi connectivity index (χ0) is 11.6. The summed E-state index contributed by atoms with van der Waals surface area (Å²) in [5, 5.41) is 3.52. The molecule has 0 bridgehead atoms. The van der Waals surface area contributed by atoms with E-state index in [2.05, 4.69) is 23.4 Å². The van der Waals surface area contributed by atoms with E-state index in [1.807, 2.05) is 11.8 Å². The second kappa shape index (κ2) is 9.32. The van der Waals surface area contributed by atoms with Crippen LogP contribution in [-0.4, -0.2) is 49.6 Å². The molecule has 1 aliphatic heterocycles. The second-order valence-electron chi connectivity index (χ2n) is 4.86. The molecule has 0 aromatic rings. The zero-order valence-corrected chi connectivity index (χ0v) is 11.8. The van der Waals surface area contributed by atoms with E-state index in [-0.39, 0.29) is 0 Å². The normalized spacial score (nSPS) is 21.6. The van der Waals surface area contributed by atoms with Gasteiger partial charge in [0, 0.05) is 6.54 Å². The van der Waals surface area contributed by atoms with E-state index in [9.17, 15) is 0 Å². The molecule has 1 saturated heterocycles. The lowest BCUT2D eigenvalue weighted by Crippen LogP contribution is -2.39. The molecular formula is C13H28N2S. The third-order valence-corrected chi connectivity index (χ3v) is 3.97. The highest BCUT2D eigenvalue weighted by atomic mass is 32.2. The highest BCUT2D eigenvalue weighted by Crippen LogP contribution is 2.12. The van der Waals surface area contributed by atoms with Crippen LogP contribution in [0.1, 0.15) is 32.6 Å². The van der Waals surface area contributed by atoms with Gasteiger partial charge in [-0.25, -0.2) is 0 Å². The standard InChI is InChI=1S/C13H28N2S/c1-3-8-15(9-5-10-16-2)12-13-6-4-7-14-11-13/h13-14H,3-12H2,1-2H3. The first kappa shape index (κ1) is 14.3. The minimum absolute atomic E-state index is 0.898. The maximum Gasteiger partial charge on any atom is 0.00218 e. The summed E-state index contributed by atoms with van der Waals surface area (Å²) in [5.41, 5.74) is 0. The van der Waals surface area contributed by atoms with Crippen LogP contribution in [0.3, 0.4) is 0 Å². The summed E-state index contributed by atoms with van der Waals surface area (Å²) in [6.45, 7) is 8.66. The van der Waals surface area contributed by atoms with Crippen molar-refractivity contribution >= 4 is 11.8 Å². The molecule has 0 amide bonds. The number of hydrogen-bond donors (Lipinski definition) is 1. The van der Waals surface area contributed by atoms with E-state index < -0.39 is 0 Å². The van der Waals surface area contributed by atoms with Gasteiger partial charge in [0.05, 0.1) is 0 Å². The Balaban J connectivity index is 2.19. The fourth-order valence-electron chi connectivity index (χ4n) is 2.49. The molecular weight excluding hydrogens is 216 g/mol. The van der Waals surface area contributed by atoms with E-state index in [4.69, 9.17) is 0 Å². The summed E-state index contributed by atoms with van der Waals surface area (Å²) in [6, 6.07) is 0. The molecule has 1 fully saturated rings. The van der Waals surface area contributed by atoms with Crippen LogP contribution in [0.2, 0.25) is 0 Å². The molecule has 1 N–H and O–H groups in total. The Morgan fingerprint density at radius 1 is 1.38 bits per heavy atom. The maximum absolute atomic E-state index is 3.52. The molecule has 16 heavy (non-hydrogen) atoms. The van der Waals surface area contributed by atoms with Crippen LogP contribution in [0.25, 0.3) is 0 Å². The Kier molecular flexibility index (Phi) is 8.34. The van der Waals surface area contributed by atoms with Crippen LogP contribution in [0.15, 0.2) is 0 Å². The molecule has 2 nitrogen and oxygen atoms in total. The molecule has 0 aromatic carbocycles. The summed E-state index contributed by atoms with van der Waals surface area (Å²) in [4.78, 5) is 2.67. The number of nitrogens with one attached hydrogen (secondary N) is 1. The largest absolute Gasteiger partial charge is 0.316 e. The summed E-state index contributed by atoms with van der Waals surface area (Å²) < 4.78 is 0. The molecule has 0 spiro atoms. The number of nitrogens with zero attached hydrogens (tertiary/aromatic N) is 1. The predicted molar refractivity (Wildman–Crippen MR) is 75.3 cm³/mol. The van der Waals surface area contributed by atoms with Crippen molar-refractivity contribution in [2.75, 3.05) is 44.7 Å². The van der Waals surface area contributed by atoms with Gasteiger partial charge in [-0.15, -0.1) is 0 Å². The summed E-state index contributed by atoms with van der Waals surface area (Å²) in [5.74, 6) is 2.21. The van der Waals surface area contributed by atoms with Gasteiger partial charge in [0.2, 0.25) is 0 Å². The first-order valence-electron chi connectivity index (χ1n) is 6.78. The molecule has 0 aromatic heterocycles. The average molecular weight is 244 g/mol. The van der Waals surface area contributed by atoms with Crippen molar-refractivity contribution in [3.05, 3.63) is 0 Å². The summed E-state index contributed by atoms with van der Waals surface area (Å²) >= 11 is 1.97. The van der Waals surface area contributed by atoms with E-state index >= 15 is 0 Å². The molecule has 1 aliphatic rings. The Bertz CT molecular complexity index is 158. The van der Waals surface area contributed by atoms with Crippen molar-refractivity contribution in [3.63, 3.8) is 0 Å². The van der Waals surface area contributed by atoms with Crippen molar-refractivity contribution < 1.29 is 0 Å². The number of rotatable bonds is 8. The predicted octanol–water partition coefficient (Wildman–Crippen LogP) is 2.45. The van der Waals surface area contributed by atoms with Gasteiger partial charge in [0.1, 0.15) is 0 Å². The van der Waals surface area contributed by atoms with Gasteiger partial charge in [0.15, 0.2) is 0 Å². The van der Waals surface area contributed by atoms with Gasteiger partial charge in [-0.3, -0.25) is 0 Å². The monoisotopic (exact) mass is 244 g/mol. The molecule has 0 radical (unpaired) electrons. The van der Waals surface area contributed by atoms with Crippen LogP contribution < -0.4 is 5.32 Å². The Morgan fingerprint density at radius 3 is 2.88 bits per heavy atom. The van der Waals surface area contributed by atoms with E-state index in [0.717, 1.165) is 5.92 Å². The van der Waals surface area contributed by atoms with Crippen molar-refractivity contribution in [2.45, 2.75) is 32.6 Å². The summed E-state index contributed by atoms with van der Waals surface area (Å²) in [6.07, 6.45) is 7.64. The number of thioether (sulfide) groups is 1. The minimum Gasteiger partial charge on any atom is -0.316 e. The molecule has 1 rings (SSSR count). The third kappa shape index (κ3) is 6.12. The third-order valence-electron chi connectivity index (χ3n) is 3.28. The Hall–Kier alpha value is 0.270. The highest BCUT2D eigenvalue weighted by Gasteiger charge is 2.16. The van der Waals surface area contributed by atoms with Crippen LogP contribution in [0.4, 0.5) is 0 Å². The van der Waals surface area contributed by atoms with Gasteiger partial charge in [-0.2, -0.15) is 11.8 Å². The van der Waals surface area contributed by atoms with Crippen LogP contribution >= 0.6 is 11.8 Å². The average Bonchev–Trinajstić information content (AvgIpc) is 2.31. The molecule has 1 atom stereocenters. The smallest absolute Gasteiger partial charge is 0.00218 e. The fourth-order valence-corrected chi connectivity index (χ4v) is 2.91. The molecule has 0 aliphatic carbocycles. The highest BCUT2D eigenvalue weighted by molar-refractivity contribution is 7.98. The van der Waals surface area contributed by atoms with Crippen molar-refractivity contribution in [1.29, 1.82) is 0 Å². The van der Waals surface area contributed by atoms with Crippen molar-refractivity contribution in [2.24, 2.45) is 5.92 Å². The van der Waals surface area contributed by atoms with Gasteiger partial charge in [0.25, 0.3) is 0 Å². The van der Waals surface area contributed by atoms with Gasteiger partial charge in [-0.05, 0) is 69.8 Å². The Labute approximate surface area is 106 Å². The van der Waals surface area contributed by atoms with E-state index in [0.29, 0.717) is 0 Å². The first-order chi connectivity index (χ1) is 7.86. The van der Waals surface area contributed by atoms with Crippen LogP contribution in [0.5, 0.6) is 0 Å². The van der Waals surface area contributed by atoms with E-state index in [1.165, 1.54) is 64.2 Å². The second-order valence-corrected chi connectivity index (χ2v) is 5.84. The number of piperidine rings is 1. The number of hydrogen-bond acceptors (Lipinski definition) is 3. The molecule has 3 heteroatoms. The summed E-state index contributed by atoms with van der Waals surface area (Å²) in [7, 11) is 0. The molecule has 1 heterocycles. The molecule has 96 valence electrons. The Morgan fingerprint density at radius 2 is 2.25 bits per heavy atom. The van der Waals surface area contributed by atoms with E-state index in [1.54, 1.807) is 0 Å². The van der Waals surface area contributed by atoms with Gasteiger partial charge in [-0.1, -0.05) is 6.92 Å². The lowest BCUT2D eigenvalue weighted by molar-refractivity contribution is 0.209. The molecule has 0 saturated carbocycles. The zero-order valence-electron chi connectivity index (χ0n) is 11.0. The van der Waals surface area contributed by atoms with Crippen molar-refractivity contribution in [1.82, 2.24) is 10.2 Å². The lowest BCUT2D eigenvalue weighted by atomic mass is 9.99. The van der Waals surface area contributed by atoms with Crippen LogP contribution in [-0.2, 0) is 0 Å². The SMILES string of the molecule is CCCN(CCCSC)CC1CCCNC1. The minimum atomic E-state index is 0.898.